The number of methoxy groups -OCH3 is 1. The SMILES string of the molecule is CC[C@H](OC(=O)C[C@H]1Sc2ccccc2NC1=O)C(=O)NCCOC. The van der Waals surface area contributed by atoms with E-state index in [4.69, 9.17) is 9.47 Å². The number of hydrogen-bond donors (Lipinski definition) is 2. The van der Waals surface area contributed by atoms with E-state index in [1.807, 2.05) is 24.3 Å². The minimum Gasteiger partial charge on any atom is -0.452 e. The summed E-state index contributed by atoms with van der Waals surface area (Å²) in [6.07, 6.45) is -0.599. The standard InChI is InChI=1S/C17H22N2O5S/c1-3-12(16(21)18-8-9-23-2)24-15(20)10-14-17(22)19-11-6-4-5-7-13(11)25-14/h4-7,12,14H,3,8-10H2,1-2H3,(H,18,21)(H,19,22)/t12-,14+/m0/s1. The van der Waals surface area contributed by atoms with Gasteiger partial charge in [0.15, 0.2) is 6.10 Å². The number of amides is 2. The Morgan fingerprint density at radius 2 is 2.12 bits per heavy atom. The van der Waals surface area contributed by atoms with Crippen LogP contribution < -0.4 is 10.6 Å². The number of hydrogen-bond acceptors (Lipinski definition) is 6. The summed E-state index contributed by atoms with van der Waals surface area (Å²) in [6.45, 7) is 2.49. The summed E-state index contributed by atoms with van der Waals surface area (Å²) in [5.41, 5.74) is 0.742. The summed E-state index contributed by atoms with van der Waals surface area (Å²) in [6, 6.07) is 7.40. The maximum atomic E-state index is 12.2. The maximum absolute atomic E-state index is 12.2. The molecule has 0 fully saturated rings. The Morgan fingerprint density at radius 1 is 1.36 bits per heavy atom. The molecular formula is C17H22N2O5S. The quantitative estimate of drug-likeness (QED) is 0.536. The Hall–Kier alpha value is -2.06. The van der Waals surface area contributed by atoms with Crippen molar-refractivity contribution in [2.45, 2.75) is 36.0 Å². The van der Waals surface area contributed by atoms with E-state index in [-0.39, 0.29) is 18.2 Å². The van der Waals surface area contributed by atoms with Gasteiger partial charge in [-0.15, -0.1) is 11.8 Å². The van der Waals surface area contributed by atoms with Gasteiger partial charge in [-0.05, 0) is 18.6 Å². The lowest BCUT2D eigenvalue weighted by Crippen LogP contribution is -2.40. The number of esters is 1. The van der Waals surface area contributed by atoms with Gasteiger partial charge in [0.1, 0.15) is 0 Å². The zero-order valence-electron chi connectivity index (χ0n) is 14.2. The molecule has 0 bridgehead atoms. The topological polar surface area (TPSA) is 93.7 Å². The third-order valence-electron chi connectivity index (χ3n) is 3.60. The van der Waals surface area contributed by atoms with Crippen molar-refractivity contribution in [2.24, 2.45) is 0 Å². The van der Waals surface area contributed by atoms with Crippen LogP contribution in [0.25, 0.3) is 0 Å². The first-order valence-electron chi connectivity index (χ1n) is 8.07. The molecule has 2 atom stereocenters. The first kappa shape index (κ1) is 19.3. The Labute approximate surface area is 150 Å². The van der Waals surface area contributed by atoms with Gasteiger partial charge in [0.05, 0.1) is 24.0 Å². The highest BCUT2D eigenvalue weighted by atomic mass is 32.2. The predicted octanol–water partition coefficient (Wildman–Crippen LogP) is 1.57. The van der Waals surface area contributed by atoms with Gasteiger partial charge in [-0.3, -0.25) is 14.4 Å². The fourth-order valence-electron chi connectivity index (χ4n) is 2.30. The molecular weight excluding hydrogens is 344 g/mol. The molecule has 0 aromatic heterocycles. The molecule has 136 valence electrons. The summed E-state index contributed by atoms with van der Waals surface area (Å²) >= 11 is 1.32. The van der Waals surface area contributed by atoms with Gasteiger partial charge in [0, 0.05) is 18.6 Å². The van der Waals surface area contributed by atoms with E-state index < -0.39 is 17.3 Å². The van der Waals surface area contributed by atoms with Crippen molar-refractivity contribution in [3.05, 3.63) is 24.3 Å². The molecule has 0 aliphatic carbocycles. The first-order valence-corrected chi connectivity index (χ1v) is 8.95. The highest BCUT2D eigenvalue weighted by molar-refractivity contribution is 8.01. The van der Waals surface area contributed by atoms with Crippen LogP contribution in [0.2, 0.25) is 0 Å². The lowest BCUT2D eigenvalue weighted by Gasteiger charge is -2.24. The van der Waals surface area contributed by atoms with Gasteiger partial charge >= 0.3 is 5.97 Å². The van der Waals surface area contributed by atoms with Crippen LogP contribution in [0.15, 0.2) is 29.2 Å². The normalized spacial score (nSPS) is 17.2. The number of rotatable bonds is 8. The number of thioether (sulfide) groups is 1. The number of fused-ring (bicyclic) bond motifs is 1. The van der Waals surface area contributed by atoms with E-state index in [9.17, 15) is 14.4 Å². The van der Waals surface area contributed by atoms with Crippen LogP contribution in [0.4, 0.5) is 5.69 Å². The van der Waals surface area contributed by atoms with E-state index >= 15 is 0 Å². The zero-order chi connectivity index (χ0) is 18.2. The number of anilines is 1. The van der Waals surface area contributed by atoms with E-state index in [1.165, 1.54) is 18.9 Å². The average Bonchev–Trinajstić information content (AvgIpc) is 2.60. The van der Waals surface area contributed by atoms with Crippen LogP contribution in [-0.4, -0.2) is 49.4 Å². The minimum atomic E-state index is -0.867. The van der Waals surface area contributed by atoms with Gasteiger partial charge in [0.2, 0.25) is 5.91 Å². The summed E-state index contributed by atoms with van der Waals surface area (Å²) in [5.74, 6) is -1.17. The molecule has 0 unspecified atom stereocenters. The molecule has 25 heavy (non-hydrogen) atoms. The van der Waals surface area contributed by atoms with E-state index in [0.717, 1.165) is 10.6 Å². The summed E-state index contributed by atoms with van der Waals surface area (Å²) in [4.78, 5) is 37.2. The molecule has 7 nitrogen and oxygen atoms in total. The van der Waals surface area contributed by atoms with Crippen molar-refractivity contribution in [1.82, 2.24) is 5.32 Å². The van der Waals surface area contributed by atoms with Crippen LogP contribution in [-0.2, 0) is 23.9 Å². The van der Waals surface area contributed by atoms with Crippen LogP contribution in [0.5, 0.6) is 0 Å². The average molecular weight is 366 g/mol. The zero-order valence-corrected chi connectivity index (χ0v) is 15.1. The lowest BCUT2D eigenvalue weighted by atomic mass is 10.2. The second-order valence-electron chi connectivity index (χ2n) is 5.47. The molecule has 2 amide bonds. The third kappa shape index (κ3) is 5.47. The Morgan fingerprint density at radius 3 is 2.84 bits per heavy atom. The van der Waals surface area contributed by atoms with Crippen LogP contribution in [0, 0.1) is 0 Å². The second kappa shape index (κ2) is 9.43. The number of ether oxygens (including phenoxy) is 2. The van der Waals surface area contributed by atoms with Crippen LogP contribution >= 0.6 is 11.8 Å². The largest absolute Gasteiger partial charge is 0.452 e. The molecule has 1 aliphatic heterocycles. The number of carbonyl (C=O) groups excluding carboxylic acids is 3. The van der Waals surface area contributed by atoms with Gasteiger partial charge in [0.25, 0.3) is 5.91 Å². The highest BCUT2D eigenvalue weighted by Gasteiger charge is 2.31. The van der Waals surface area contributed by atoms with Gasteiger partial charge < -0.3 is 20.1 Å². The molecule has 0 spiro atoms. The van der Waals surface area contributed by atoms with Gasteiger partial charge in [-0.1, -0.05) is 19.1 Å². The van der Waals surface area contributed by atoms with Crippen LogP contribution in [0.3, 0.4) is 0 Å². The molecule has 2 rings (SSSR count). The molecule has 2 N–H and O–H groups in total. The predicted molar refractivity (Wildman–Crippen MR) is 94.4 cm³/mol. The number of carbonyl (C=O) groups is 3. The first-order chi connectivity index (χ1) is 12.0. The van der Waals surface area contributed by atoms with Crippen LogP contribution in [0.1, 0.15) is 19.8 Å². The maximum Gasteiger partial charge on any atom is 0.308 e. The Balaban J connectivity index is 1.88. The molecule has 0 saturated heterocycles. The second-order valence-corrected chi connectivity index (χ2v) is 6.71. The monoisotopic (exact) mass is 366 g/mol. The highest BCUT2D eigenvalue weighted by Crippen LogP contribution is 2.36. The van der Waals surface area contributed by atoms with E-state index in [2.05, 4.69) is 10.6 Å². The van der Waals surface area contributed by atoms with E-state index in [1.54, 1.807) is 6.92 Å². The van der Waals surface area contributed by atoms with Crippen molar-refractivity contribution in [1.29, 1.82) is 0 Å². The number of nitrogens with one attached hydrogen (secondary N) is 2. The smallest absolute Gasteiger partial charge is 0.308 e. The van der Waals surface area contributed by atoms with Crippen molar-refractivity contribution in [2.75, 3.05) is 25.6 Å². The molecule has 1 aromatic rings. The summed E-state index contributed by atoms with van der Waals surface area (Å²) < 4.78 is 10.1. The molecule has 0 saturated carbocycles. The van der Waals surface area contributed by atoms with Gasteiger partial charge in [-0.25, -0.2) is 0 Å². The van der Waals surface area contributed by atoms with Gasteiger partial charge in [-0.2, -0.15) is 0 Å². The summed E-state index contributed by atoms with van der Waals surface area (Å²) in [7, 11) is 1.54. The molecule has 8 heteroatoms. The third-order valence-corrected chi connectivity index (χ3v) is 4.88. The van der Waals surface area contributed by atoms with Crippen molar-refractivity contribution in [3.8, 4) is 0 Å². The Kier molecular flexibility index (Phi) is 7.27. The van der Waals surface area contributed by atoms with Crippen molar-refractivity contribution in [3.63, 3.8) is 0 Å². The Bertz CT molecular complexity index is 637. The fraction of sp³-hybridized carbons (Fsp3) is 0.471. The minimum absolute atomic E-state index is 0.0906. The van der Waals surface area contributed by atoms with Crippen molar-refractivity contribution < 1.29 is 23.9 Å². The molecule has 1 aromatic carbocycles. The fourth-order valence-corrected chi connectivity index (χ4v) is 3.39. The van der Waals surface area contributed by atoms with E-state index in [0.29, 0.717) is 19.6 Å². The summed E-state index contributed by atoms with van der Waals surface area (Å²) in [5, 5.41) is 4.85. The molecule has 1 heterocycles. The number of benzene rings is 1. The molecule has 0 radical (unpaired) electrons. The molecule has 1 aliphatic rings. The number of para-hydroxylation sites is 1. The van der Waals surface area contributed by atoms with Crippen molar-refractivity contribution >= 4 is 35.2 Å². The lowest BCUT2D eigenvalue weighted by molar-refractivity contribution is -0.156.